The van der Waals surface area contributed by atoms with Crippen LogP contribution >= 0.6 is 0 Å². The monoisotopic (exact) mass is 346 g/mol. The molecule has 6 N–H and O–H groups in total. The van der Waals surface area contributed by atoms with Gasteiger partial charge in [-0.15, -0.1) is 0 Å². The minimum Gasteiger partial charge on any atom is -0.458 e. The number of rotatable bonds is 7. The Kier molecular flexibility index (Phi) is 7.65. The molecule has 0 aromatic heterocycles. The zero-order chi connectivity index (χ0) is 19.2. The molecule has 0 rings (SSSR count). The molecule has 0 radical (unpaired) electrons. The summed E-state index contributed by atoms with van der Waals surface area (Å²) in [6.45, 7) is 10.1. The quantitative estimate of drug-likeness (QED) is 0.129. The molecule has 0 amide bonds. The van der Waals surface area contributed by atoms with E-state index in [9.17, 15) is 14.8 Å². The molecule has 9 nitrogen and oxygen atoms in total. The van der Waals surface area contributed by atoms with Crippen molar-refractivity contribution in [1.29, 1.82) is 0 Å². The summed E-state index contributed by atoms with van der Waals surface area (Å²) in [6, 6.07) is 0. The minimum atomic E-state index is -2.06. The first-order chi connectivity index (χ1) is 10.7. The van der Waals surface area contributed by atoms with E-state index >= 15 is 0 Å². The number of ether oxygens (including phenoxy) is 2. The molecule has 0 aromatic carbocycles. The van der Waals surface area contributed by atoms with Crippen molar-refractivity contribution in [2.45, 2.75) is 71.1 Å². The maximum absolute atomic E-state index is 12.5. The summed E-state index contributed by atoms with van der Waals surface area (Å²) in [6.07, 6.45) is 0.133. The van der Waals surface area contributed by atoms with Crippen molar-refractivity contribution in [2.75, 3.05) is 6.54 Å². The van der Waals surface area contributed by atoms with Crippen LogP contribution in [0.1, 0.15) is 54.4 Å². The number of esters is 2. The highest BCUT2D eigenvalue weighted by atomic mass is 16.6. The fourth-order valence-corrected chi connectivity index (χ4v) is 1.72. The molecule has 0 spiro atoms. The van der Waals surface area contributed by atoms with Gasteiger partial charge in [0.15, 0.2) is 5.96 Å². The minimum absolute atomic E-state index is 0.105. The number of nitrogens with zero attached hydrogens (tertiary/aromatic N) is 1. The van der Waals surface area contributed by atoms with Crippen molar-refractivity contribution in [3.05, 3.63) is 0 Å². The van der Waals surface area contributed by atoms with E-state index < -0.39 is 28.7 Å². The van der Waals surface area contributed by atoms with Crippen LogP contribution in [0, 0.1) is 0 Å². The molecule has 9 heteroatoms. The molecular weight excluding hydrogens is 316 g/mol. The molecule has 0 bridgehead atoms. The van der Waals surface area contributed by atoms with E-state index in [1.54, 1.807) is 47.0 Å². The van der Waals surface area contributed by atoms with Crippen LogP contribution in [0.15, 0.2) is 4.99 Å². The molecule has 0 unspecified atom stereocenters. The fraction of sp³-hybridized carbons (Fsp3) is 0.800. The molecule has 24 heavy (non-hydrogen) atoms. The third-order valence-electron chi connectivity index (χ3n) is 2.69. The van der Waals surface area contributed by atoms with Crippen LogP contribution < -0.4 is 16.9 Å². The molecule has 0 aliphatic carbocycles. The van der Waals surface area contributed by atoms with Gasteiger partial charge in [0.1, 0.15) is 11.2 Å². The zero-order valence-electron chi connectivity index (χ0n) is 15.3. The largest absolute Gasteiger partial charge is 0.458 e. The van der Waals surface area contributed by atoms with E-state index in [2.05, 4.69) is 4.99 Å². The van der Waals surface area contributed by atoms with Crippen LogP contribution in [-0.4, -0.2) is 46.4 Å². The lowest BCUT2D eigenvalue weighted by molar-refractivity contribution is -0.186. The third-order valence-corrected chi connectivity index (χ3v) is 2.69. The van der Waals surface area contributed by atoms with Gasteiger partial charge in [-0.25, -0.2) is 9.59 Å². The first-order valence-electron chi connectivity index (χ1n) is 7.67. The van der Waals surface area contributed by atoms with Crippen LogP contribution in [-0.2, 0) is 19.1 Å². The number of carbonyl (C=O) groups is 2. The highest BCUT2D eigenvalue weighted by Gasteiger charge is 2.51. The van der Waals surface area contributed by atoms with Crippen LogP contribution in [0.5, 0.6) is 0 Å². The first kappa shape index (κ1) is 22.1. The van der Waals surface area contributed by atoms with Crippen molar-refractivity contribution in [2.24, 2.45) is 16.5 Å². The summed E-state index contributed by atoms with van der Waals surface area (Å²) < 4.78 is 10.5. The molecule has 0 aliphatic heterocycles. The van der Waals surface area contributed by atoms with E-state index in [1.165, 1.54) is 0 Å². The Labute approximate surface area is 142 Å². The number of aliphatic imine (C=N–C) groups is 1. The van der Waals surface area contributed by atoms with Gasteiger partial charge in [0, 0.05) is 6.54 Å². The lowest BCUT2D eigenvalue weighted by atomic mass is 9.93. The Morgan fingerprint density at radius 2 is 1.42 bits per heavy atom. The number of hydroxylamine groups is 1. The second-order valence-electron chi connectivity index (χ2n) is 7.43. The normalized spacial score (nSPS) is 12.5. The Balaban J connectivity index is 5.46. The van der Waals surface area contributed by atoms with Gasteiger partial charge in [0.25, 0.3) is 0 Å². The number of guanidine groups is 1. The topological polar surface area (TPSA) is 149 Å². The van der Waals surface area contributed by atoms with Gasteiger partial charge in [-0.05, 0) is 54.4 Å². The van der Waals surface area contributed by atoms with Gasteiger partial charge >= 0.3 is 11.9 Å². The van der Waals surface area contributed by atoms with Crippen molar-refractivity contribution >= 4 is 17.9 Å². The summed E-state index contributed by atoms with van der Waals surface area (Å²) in [5.41, 5.74) is 8.52. The second kappa shape index (κ2) is 8.29. The number of carbonyl (C=O) groups excluding carboxylic acids is 2. The standard InChI is InChI=1S/C15H30N4O5/c1-13(2,3)23-10(20)15(19-22,8-7-9-18-12(16)17)11(21)24-14(4,5)6/h19,22H,7-9H2,1-6H3,(H4,16,17,18). The molecule has 0 heterocycles. The van der Waals surface area contributed by atoms with E-state index in [4.69, 9.17) is 20.9 Å². The number of nitrogens with two attached hydrogens (primary N) is 2. The van der Waals surface area contributed by atoms with Crippen LogP contribution in [0.2, 0.25) is 0 Å². The maximum atomic E-state index is 12.5. The predicted molar refractivity (Wildman–Crippen MR) is 89.3 cm³/mol. The zero-order valence-corrected chi connectivity index (χ0v) is 15.3. The molecule has 0 fully saturated rings. The van der Waals surface area contributed by atoms with E-state index in [0.717, 1.165) is 0 Å². The molecule has 0 aliphatic rings. The Morgan fingerprint density at radius 1 is 1.00 bits per heavy atom. The predicted octanol–water partition coefficient (Wildman–Crippen LogP) is 0.441. The molecular formula is C15H30N4O5. The average molecular weight is 346 g/mol. The summed E-state index contributed by atoms with van der Waals surface area (Å²) in [7, 11) is 0. The number of nitrogens with one attached hydrogen (secondary N) is 1. The van der Waals surface area contributed by atoms with Crippen LogP contribution in [0.25, 0.3) is 0 Å². The summed E-state index contributed by atoms with van der Waals surface area (Å²) >= 11 is 0. The van der Waals surface area contributed by atoms with Crippen LogP contribution in [0.3, 0.4) is 0 Å². The average Bonchev–Trinajstić information content (AvgIpc) is 2.34. The van der Waals surface area contributed by atoms with Crippen LogP contribution in [0.4, 0.5) is 0 Å². The molecule has 0 saturated carbocycles. The van der Waals surface area contributed by atoms with Gasteiger partial charge in [0.2, 0.25) is 5.54 Å². The SMILES string of the molecule is CC(C)(C)OC(=O)C(CCCN=C(N)N)(NO)C(=O)OC(C)(C)C. The summed E-state index contributed by atoms with van der Waals surface area (Å²) in [4.78, 5) is 28.9. The fourth-order valence-electron chi connectivity index (χ4n) is 1.72. The molecule has 0 saturated heterocycles. The van der Waals surface area contributed by atoms with E-state index in [1.807, 2.05) is 0 Å². The third kappa shape index (κ3) is 7.60. The lowest BCUT2D eigenvalue weighted by Gasteiger charge is -2.33. The maximum Gasteiger partial charge on any atom is 0.340 e. The lowest BCUT2D eigenvalue weighted by Crippen LogP contribution is -2.60. The van der Waals surface area contributed by atoms with Crippen molar-refractivity contribution in [3.8, 4) is 0 Å². The molecule has 140 valence electrons. The van der Waals surface area contributed by atoms with Crippen molar-refractivity contribution < 1.29 is 24.3 Å². The molecule has 0 atom stereocenters. The highest BCUT2D eigenvalue weighted by Crippen LogP contribution is 2.23. The van der Waals surface area contributed by atoms with Crippen molar-refractivity contribution in [3.63, 3.8) is 0 Å². The smallest absolute Gasteiger partial charge is 0.340 e. The van der Waals surface area contributed by atoms with Gasteiger partial charge in [-0.2, -0.15) is 5.48 Å². The Hall–Kier alpha value is -1.87. The van der Waals surface area contributed by atoms with Gasteiger partial charge in [0.05, 0.1) is 0 Å². The van der Waals surface area contributed by atoms with Crippen molar-refractivity contribution in [1.82, 2.24) is 5.48 Å². The second-order valence-corrected chi connectivity index (χ2v) is 7.43. The van der Waals surface area contributed by atoms with Gasteiger partial charge < -0.3 is 26.1 Å². The highest BCUT2D eigenvalue weighted by molar-refractivity contribution is 6.05. The van der Waals surface area contributed by atoms with Gasteiger partial charge in [-0.3, -0.25) is 4.99 Å². The van der Waals surface area contributed by atoms with Gasteiger partial charge in [-0.1, -0.05) is 0 Å². The first-order valence-corrected chi connectivity index (χ1v) is 7.67. The van der Waals surface area contributed by atoms with E-state index in [-0.39, 0.29) is 25.3 Å². The Morgan fingerprint density at radius 3 is 1.71 bits per heavy atom. The van der Waals surface area contributed by atoms with E-state index in [0.29, 0.717) is 0 Å². The number of hydrogen-bond donors (Lipinski definition) is 4. The summed E-state index contributed by atoms with van der Waals surface area (Å²) in [5, 5.41) is 9.58. The molecule has 0 aromatic rings. The summed E-state index contributed by atoms with van der Waals surface area (Å²) in [5.74, 6) is -1.97. The Bertz CT molecular complexity index is 445. The number of hydrogen-bond acceptors (Lipinski definition) is 7.